The van der Waals surface area contributed by atoms with E-state index >= 15 is 0 Å². The maximum absolute atomic E-state index is 12.4. The largest absolute Gasteiger partial charge is 0.451 e. The van der Waals surface area contributed by atoms with E-state index < -0.39 is 18.5 Å². The third-order valence-corrected chi connectivity index (χ3v) is 4.39. The predicted molar refractivity (Wildman–Crippen MR) is 98.6 cm³/mol. The van der Waals surface area contributed by atoms with E-state index in [1.807, 2.05) is 48.5 Å². The van der Waals surface area contributed by atoms with Crippen molar-refractivity contribution in [3.05, 3.63) is 77.7 Å². The van der Waals surface area contributed by atoms with Gasteiger partial charge in [-0.3, -0.25) is 4.79 Å². The van der Waals surface area contributed by atoms with E-state index in [0.29, 0.717) is 0 Å². The second-order valence-electron chi connectivity index (χ2n) is 6.04. The minimum absolute atomic E-state index is 0.0402. The molecule has 1 aliphatic rings. The van der Waals surface area contributed by atoms with Crippen molar-refractivity contribution < 1.29 is 14.3 Å². The summed E-state index contributed by atoms with van der Waals surface area (Å²) in [6.07, 6.45) is 2.70. The van der Waals surface area contributed by atoms with Gasteiger partial charge in [-0.05, 0) is 22.3 Å². The normalized spacial score (nSPS) is 12.1. The van der Waals surface area contributed by atoms with E-state index in [-0.39, 0.29) is 17.6 Å². The molecule has 27 heavy (non-hydrogen) atoms. The maximum atomic E-state index is 12.4. The van der Waals surface area contributed by atoms with Crippen LogP contribution in [0.2, 0.25) is 0 Å². The molecule has 0 bridgehead atoms. The summed E-state index contributed by atoms with van der Waals surface area (Å²) in [7, 11) is 0. The number of benzene rings is 2. The van der Waals surface area contributed by atoms with Gasteiger partial charge in [-0.1, -0.05) is 48.5 Å². The summed E-state index contributed by atoms with van der Waals surface area (Å²) < 4.78 is 5.02. The molecule has 7 heteroatoms. The molecule has 1 aromatic heterocycles. The van der Waals surface area contributed by atoms with Crippen molar-refractivity contribution in [1.29, 1.82) is 0 Å². The van der Waals surface area contributed by atoms with E-state index in [1.165, 1.54) is 12.4 Å². The Bertz CT molecular complexity index is 989. The zero-order valence-corrected chi connectivity index (χ0v) is 14.3. The van der Waals surface area contributed by atoms with Crippen LogP contribution in [0.5, 0.6) is 0 Å². The van der Waals surface area contributed by atoms with Gasteiger partial charge in [0.05, 0.1) is 6.04 Å². The van der Waals surface area contributed by atoms with Gasteiger partial charge >= 0.3 is 5.97 Å². The van der Waals surface area contributed by atoms with Crippen LogP contribution >= 0.6 is 0 Å². The number of carbonyl (C=O) groups excluding carboxylic acids is 2. The monoisotopic (exact) mass is 360 g/mol. The van der Waals surface area contributed by atoms with Gasteiger partial charge in [0.15, 0.2) is 18.1 Å². The van der Waals surface area contributed by atoms with Crippen molar-refractivity contribution in [3.8, 4) is 11.1 Å². The second kappa shape index (κ2) is 6.87. The van der Waals surface area contributed by atoms with Crippen molar-refractivity contribution in [3.63, 3.8) is 0 Å². The second-order valence-corrected chi connectivity index (χ2v) is 6.04. The highest BCUT2D eigenvalue weighted by Gasteiger charge is 2.29. The first kappa shape index (κ1) is 16.7. The van der Waals surface area contributed by atoms with Crippen LogP contribution in [0.25, 0.3) is 11.1 Å². The molecule has 1 heterocycles. The molecule has 7 nitrogen and oxygen atoms in total. The highest BCUT2D eigenvalue weighted by atomic mass is 16.5. The van der Waals surface area contributed by atoms with Gasteiger partial charge in [0, 0.05) is 12.4 Å². The smallest absolute Gasteiger partial charge is 0.361 e. The summed E-state index contributed by atoms with van der Waals surface area (Å²) >= 11 is 0. The van der Waals surface area contributed by atoms with Crippen LogP contribution in [0.4, 0.5) is 5.82 Å². The first-order valence-corrected chi connectivity index (χ1v) is 8.36. The Morgan fingerprint density at radius 1 is 0.963 bits per heavy atom. The van der Waals surface area contributed by atoms with Crippen LogP contribution < -0.4 is 11.1 Å². The number of esters is 1. The number of anilines is 1. The SMILES string of the molecule is Nc1nccnc1C(=O)OCC(=O)NC1c2ccccc2-c2ccccc21. The highest BCUT2D eigenvalue weighted by Crippen LogP contribution is 2.42. The van der Waals surface area contributed by atoms with Crippen molar-refractivity contribution in [2.24, 2.45) is 0 Å². The summed E-state index contributed by atoms with van der Waals surface area (Å²) in [5, 5.41) is 2.93. The zero-order chi connectivity index (χ0) is 18.8. The number of rotatable bonds is 4. The highest BCUT2D eigenvalue weighted by molar-refractivity contribution is 5.93. The van der Waals surface area contributed by atoms with Gasteiger partial charge in [-0.15, -0.1) is 0 Å². The first-order chi connectivity index (χ1) is 13.1. The summed E-state index contributed by atoms with van der Waals surface area (Å²) in [6.45, 7) is -0.435. The molecule has 3 aromatic rings. The number of aromatic nitrogens is 2. The van der Waals surface area contributed by atoms with Gasteiger partial charge in [-0.25, -0.2) is 14.8 Å². The number of nitrogen functional groups attached to an aromatic ring is 1. The Morgan fingerprint density at radius 2 is 1.56 bits per heavy atom. The Labute approximate surface area is 155 Å². The lowest BCUT2D eigenvalue weighted by molar-refractivity contribution is -0.124. The van der Waals surface area contributed by atoms with E-state index in [2.05, 4.69) is 15.3 Å². The number of nitrogens with one attached hydrogen (secondary N) is 1. The molecule has 4 rings (SSSR count). The van der Waals surface area contributed by atoms with E-state index in [1.54, 1.807) is 0 Å². The number of fused-ring (bicyclic) bond motifs is 3. The zero-order valence-electron chi connectivity index (χ0n) is 14.3. The quantitative estimate of drug-likeness (QED) is 0.690. The standard InChI is InChI=1S/C20H16N4O3/c21-19-18(22-9-10-23-19)20(26)27-11-16(25)24-17-14-7-3-1-5-12(14)13-6-2-4-8-15(13)17/h1-10,17H,11H2,(H2,21,23)(H,24,25). The van der Waals surface area contributed by atoms with Crippen molar-refractivity contribution in [2.45, 2.75) is 6.04 Å². The molecule has 0 fully saturated rings. The molecule has 1 aliphatic carbocycles. The van der Waals surface area contributed by atoms with Gasteiger partial charge in [-0.2, -0.15) is 0 Å². The number of hydrogen-bond donors (Lipinski definition) is 2. The number of nitrogens with zero attached hydrogens (tertiary/aromatic N) is 2. The minimum atomic E-state index is -0.789. The number of amides is 1. The van der Waals surface area contributed by atoms with Crippen molar-refractivity contribution in [2.75, 3.05) is 12.3 Å². The molecular weight excluding hydrogens is 344 g/mol. The summed E-state index contributed by atoms with van der Waals surface area (Å²) in [6, 6.07) is 15.5. The number of carbonyl (C=O) groups is 2. The van der Waals surface area contributed by atoms with Crippen molar-refractivity contribution in [1.82, 2.24) is 15.3 Å². The van der Waals surface area contributed by atoms with Crippen LogP contribution in [0, 0.1) is 0 Å². The molecule has 0 saturated heterocycles. The Hall–Kier alpha value is -3.74. The predicted octanol–water partition coefficient (Wildman–Crippen LogP) is 2.10. The molecule has 0 radical (unpaired) electrons. The number of ether oxygens (including phenoxy) is 1. The van der Waals surface area contributed by atoms with Crippen LogP contribution in [0.3, 0.4) is 0 Å². The van der Waals surface area contributed by atoms with Crippen LogP contribution in [0.1, 0.15) is 27.7 Å². The molecule has 0 atom stereocenters. The Balaban J connectivity index is 1.47. The van der Waals surface area contributed by atoms with E-state index in [4.69, 9.17) is 10.5 Å². The Kier molecular flexibility index (Phi) is 4.25. The summed E-state index contributed by atoms with van der Waals surface area (Å²) in [5.41, 5.74) is 9.67. The van der Waals surface area contributed by atoms with Crippen LogP contribution in [-0.2, 0) is 9.53 Å². The Morgan fingerprint density at radius 3 is 2.19 bits per heavy atom. The third-order valence-electron chi connectivity index (χ3n) is 4.39. The average molecular weight is 360 g/mol. The van der Waals surface area contributed by atoms with Gasteiger partial charge in [0.25, 0.3) is 5.91 Å². The van der Waals surface area contributed by atoms with E-state index in [0.717, 1.165) is 22.3 Å². The topological polar surface area (TPSA) is 107 Å². The van der Waals surface area contributed by atoms with E-state index in [9.17, 15) is 9.59 Å². The molecule has 1 amide bonds. The lowest BCUT2D eigenvalue weighted by Gasteiger charge is -2.16. The maximum Gasteiger partial charge on any atom is 0.361 e. The molecule has 0 unspecified atom stereocenters. The molecule has 2 aromatic carbocycles. The molecule has 0 aliphatic heterocycles. The number of hydrogen-bond acceptors (Lipinski definition) is 6. The molecule has 0 spiro atoms. The summed E-state index contributed by atoms with van der Waals surface area (Å²) in [5.74, 6) is -1.24. The first-order valence-electron chi connectivity index (χ1n) is 8.36. The molecular formula is C20H16N4O3. The van der Waals surface area contributed by atoms with Crippen molar-refractivity contribution >= 4 is 17.7 Å². The lowest BCUT2D eigenvalue weighted by Crippen LogP contribution is -2.32. The minimum Gasteiger partial charge on any atom is -0.451 e. The van der Waals surface area contributed by atoms with Crippen LogP contribution in [-0.4, -0.2) is 28.5 Å². The number of nitrogens with two attached hydrogens (primary N) is 1. The molecule has 3 N–H and O–H groups in total. The lowest BCUT2D eigenvalue weighted by atomic mass is 10.1. The van der Waals surface area contributed by atoms with Gasteiger partial charge in [0.1, 0.15) is 0 Å². The summed E-state index contributed by atoms with van der Waals surface area (Å²) in [4.78, 5) is 32.0. The molecule has 0 saturated carbocycles. The molecule has 134 valence electrons. The van der Waals surface area contributed by atoms with Gasteiger partial charge < -0.3 is 15.8 Å². The van der Waals surface area contributed by atoms with Crippen LogP contribution in [0.15, 0.2) is 60.9 Å². The fraction of sp³-hybridized carbons (Fsp3) is 0.100. The fourth-order valence-corrected chi connectivity index (χ4v) is 3.22. The van der Waals surface area contributed by atoms with Gasteiger partial charge in [0.2, 0.25) is 0 Å². The fourth-order valence-electron chi connectivity index (χ4n) is 3.22. The average Bonchev–Trinajstić information content (AvgIpc) is 3.01. The third kappa shape index (κ3) is 3.10.